The van der Waals surface area contributed by atoms with Gasteiger partial charge in [-0.15, -0.1) is 0 Å². The molecule has 0 saturated carbocycles. The highest BCUT2D eigenvalue weighted by Crippen LogP contribution is 2.23. The van der Waals surface area contributed by atoms with Crippen LogP contribution in [0.4, 0.5) is 5.82 Å². The van der Waals surface area contributed by atoms with Crippen molar-refractivity contribution in [2.24, 2.45) is 0 Å². The molecule has 3 N–H and O–H groups in total. The Morgan fingerprint density at radius 2 is 2.28 bits per heavy atom. The number of nitrogens with one attached hydrogen (secondary N) is 3. The molecule has 6 heteroatoms. The number of piperidine rings is 1. The van der Waals surface area contributed by atoms with Gasteiger partial charge in [0.2, 0.25) is 5.28 Å². The van der Waals surface area contributed by atoms with Crippen molar-refractivity contribution < 1.29 is 0 Å². The van der Waals surface area contributed by atoms with Crippen LogP contribution >= 0.6 is 11.6 Å². The molecule has 3 rings (SSSR count). The lowest BCUT2D eigenvalue weighted by molar-refractivity contribution is 0.398. The molecule has 0 spiro atoms. The highest BCUT2D eigenvalue weighted by molar-refractivity contribution is 6.28. The van der Waals surface area contributed by atoms with Crippen molar-refractivity contribution in [2.45, 2.75) is 31.8 Å². The van der Waals surface area contributed by atoms with Crippen LogP contribution in [0.3, 0.4) is 0 Å². The standard InChI is InChI=1S/C12H16ClN5/c1-7-2-3-8(6-15-7)16-11-9-4-5-14-10(9)17-12(13)18-11/h4-5,7-8,15H,2-3,6H2,1H3,(H2,14,16,17,18)/t7-,8?/m0/s1. The third kappa shape index (κ3) is 2.28. The largest absolute Gasteiger partial charge is 0.365 e. The zero-order chi connectivity index (χ0) is 12.5. The van der Waals surface area contributed by atoms with E-state index in [2.05, 4.69) is 32.5 Å². The van der Waals surface area contributed by atoms with Crippen LogP contribution in [0.5, 0.6) is 0 Å². The molecule has 2 aromatic heterocycles. The summed E-state index contributed by atoms with van der Waals surface area (Å²) in [7, 11) is 0. The van der Waals surface area contributed by atoms with E-state index in [0.29, 0.717) is 12.1 Å². The minimum Gasteiger partial charge on any atom is -0.365 e. The van der Waals surface area contributed by atoms with Gasteiger partial charge in [-0.05, 0) is 37.4 Å². The summed E-state index contributed by atoms with van der Waals surface area (Å²) in [4.78, 5) is 11.5. The first-order valence-corrected chi connectivity index (χ1v) is 6.61. The first-order chi connectivity index (χ1) is 8.72. The van der Waals surface area contributed by atoms with Crippen LogP contribution in [0.1, 0.15) is 19.8 Å². The van der Waals surface area contributed by atoms with Crippen LogP contribution in [-0.2, 0) is 0 Å². The third-order valence-corrected chi connectivity index (χ3v) is 3.56. The molecule has 0 bridgehead atoms. The van der Waals surface area contributed by atoms with E-state index in [0.717, 1.165) is 29.8 Å². The number of hydrogen-bond donors (Lipinski definition) is 3. The molecule has 2 aromatic rings. The van der Waals surface area contributed by atoms with Gasteiger partial charge in [0.1, 0.15) is 11.5 Å². The quantitative estimate of drug-likeness (QED) is 0.728. The SMILES string of the molecule is C[C@H]1CCC(Nc2nc(Cl)nc3[nH]ccc23)CN1. The van der Waals surface area contributed by atoms with Crippen LogP contribution in [-0.4, -0.2) is 33.6 Å². The minimum atomic E-state index is 0.268. The van der Waals surface area contributed by atoms with Gasteiger partial charge in [-0.25, -0.2) is 4.98 Å². The predicted octanol–water partition coefficient (Wildman–Crippen LogP) is 2.16. The van der Waals surface area contributed by atoms with Gasteiger partial charge >= 0.3 is 0 Å². The summed E-state index contributed by atoms with van der Waals surface area (Å²) in [5.41, 5.74) is 0.773. The first-order valence-electron chi connectivity index (χ1n) is 6.23. The molecular weight excluding hydrogens is 250 g/mol. The summed E-state index contributed by atoms with van der Waals surface area (Å²) in [5, 5.41) is 8.17. The highest BCUT2D eigenvalue weighted by atomic mass is 35.5. The summed E-state index contributed by atoms with van der Waals surface area (Å²) in [6.07, 6.45) is 4.16. The van der Waals surface area contributed by atoms with Gasteiger partial charge in [0.05, 0.1) is 5.39 Å². The Balaban J connectivity index is 1.83. The lowest BCUT2D eigenvalue weighted by Crippen LogP contribution is -2.43. The van der Waals surface area contributed by atoms with E-state index in [4.69, 9.17) is 11.6 Å². The second kappa shape index (κ2) is 4.74. The molecule has 1 saturated heterocycles. The Bertz CT molecular complexity index is 544. The van der Waals surface area contributed by atoms with Gasteiger partial charge in [0.25, 0.3) is 0 Å². The van der Waals surface area contributed by atoms with Crippen molar-refractivity contribution >= 4 is 28.5 Å². The fourth-order valence-electron chi connectivity index (χ4n) is 2.34. The topological polar surface area (TPSA) is 65.6 Å². The average molecular weight is 266 g/mol. The number of fused-ring (bicyclic) bond motifs is 1. The monoisotopic (exact) mass is 265 g/mol. The Morgan fingerprint density at radius 3 is 3.06 bits per heavy atom. The average Bonchev–Trinajstić information content (AvgIpc) is 2.80. The summed E-state index contributed by atoms with van der Waals surface area (Å²) in [5.74, 6) is 0.813. The van der Waals surface area contributed by atoms with Gasteiger partial charge in [0, 0.05) is 24.8 Å². The fraction of sp³-hybridized carbons (Fsp3) is 0.500. The number of aromatic amines is 1. The number of hydrogen-bond acceptors (Lipinski definition) is 4. The van der Waals surface area contributed by atoms with Crippen molar-refractivity contribution in [1.82, 2.24) is 20.3 Å². The highest BCUT2D eigenvalue weighted by Gasteiger charge is 2.19. The van der Waals surface area contributed by atoms with E-state index >= 15 is 0 Å². The molecule has 18 heavy (non-hydrogen) atoms. The third-order valence-electron chi connectivity index (χ3n) is 3.39. The molecule has 1 aliphatic heterocycles. The number of halogens is 1. The van der Waals surface area contributed by atoms with E-state index in [-0.39, 0.29) is 5.28 Å². The number of H-pyrrole nitrogens is 1. The molecule has 3 heterocycles. The van der Waals surface area contributed by atoms with Crippen LogP contribution in [0.15, 0.2) is 12.3 Å². The van der Waals surface area contributed by atoms with Gasteiger partial charge in [-0.1, -0.05) is 0 Å². The van der Waals surface area contributed by atoms with Gasteiger partial charge in [-0.2, -0.15) is 4.98 Å². The lowest BCUT2D eigenvalue weighted by atomic mass is 10.0. The maximum atomic E-state index is 5.92. The molecular formula is C12H16ClN5. The Morgan fingerprint density at radius 1 is 1.39 bits per heavy atom. The maximum absolute atomic E-state index is 5.92. The van der Waals surface area contributed by atoms with E-state index in [1.165, 1.54) is 6.42 Å². The number of nitrogens with zero attached hydrogens (tertiary/aromatic N) is 2. The molecule has 0 amide bonds. The minimum absolute atomic E-state index is 0.268. The summed E-state index contributed by atoms with van der Waals surface area (Å²) in [6.45, 7) is 3.16. The van der Waals surface area contributed by atoms with Gasteiger partial charge < -0.3 is 15.6 Å². The lowest BCUT2D eigenvalue weighted by Gasteiger charge is -2.28. The molecule has 1 aliphatic rings. The van der Waals surface area contributed by atoms with E-state index in [9.17, 15) is 0 Å². The second-order valence-electron chi connectivity index (χ2n) is 4.81. The number of aromatic nitrogens is 3. The predicted molar refractivity (Wildman–Crippen MR) is 73.0 cm³/mol. The van der Waals surface area contributed by atoms with E-state index in [1.54, 1.807) is 0 Å². The summed E-state index contributed by atoms with van der Waals surface area (Å²) >= 11 is 5.92. The molecule has 1 fully saturated rings. The first kappa shape index (κ1) is 11.7. The van der Waals surface area contributed by atoms with Crippen LogP contribution in [0, 0.1) is 0 Å². The Kier molecular flexibility index (Phi) is 3.09. The fourth-order valence-corrected chi connectivity index (χ4v) is 2.51. The van der Waals surface area contributed by atoms with Gasteiger partial charge in [0.15, 0.2) is 0 Å². The van der Waals surface area contributed by atoms with Crippen LogP contribution in [0.25, 0.3) is 11.0 Å². The van der Waals surface area contributed by atoms with Crippen molar-refractivity contribution in [3.05, 3.63) is 17.5 Å². The second-order valence-corrected chi connectivity index (χ2v) is 5.15. The molecule has 96 valence electrons. The van der Waals surface area contributed by atoms with Crippen LogP contribution in [0.2, 0.25) is 5.28 Å². The van der Waals surface area contributed by atoms with Gasteiger partial charge in [-0.3, -0.25) is 0 Å². The van der Waals surface area contributed by atoms with Crippen molar-refractivity contribution in [1.29, 1.82) is 0 Å². The van der Waals surface area contributed by atoms with Crippen molar-refractivity contribution in [3.8, 4) is 0 Å². The zero-order valence-electron chi connectivity index (χ0n) is 10.2. The number of rotatable bonds is 2. The molecule has 0 aliphatic carbocycles. The Labute approximate surface area is 110 Å². The maximum Gasteiger partial charge on any atom is 0.226 e. The number of anilines is 1. The van der Waals surface area contributed by atoms with Crippen molar-refractivity contribution in [2.75, 3.05) is 11.9 Å². The van der Waals surface area contributed by atoms with Crippen LogP contribution < -0.4 is 10.6 Å². The van der Waals surface area contributed by atoms with E-state index in [1.807, 2.05) is 12.3 Å². The summed E-state index contributed by atoms with van der Waals surface area (Å²) in [6, 6.07) is 2.96. The summed E-state index contributed by atoms with van der Waals surface area (Å²) < 4.78 is 0. The normalized spacial score (nSPS) is 24.3. The molecule has 5 nitrogen and oxygen atoms in total. The zero-order valence-corrected chi connectivity index (χ0v) is 11.0. The Hall–Kier alpha value is -1.33. The molecule has 0 aromatic carbocycles. The smallest absolute Gasteiger partial charge is 0.226 e. The van der Waals surface area contributed by atoms with Crippen molar-refractivity contribution in [3.63, 3.8) is 0 Å². The van der Waals surface area contributed by atoms with E-state index < -0.39 is 0 Å². The molecule has 0 radical (unpaired) electrons. The molecule has 2 atom stereocenters. The molecule has 1 unspecified atom stereocenters.